The van der Waals surface area contributed by atoms with Gasteiger partial charge in [0.15, 0.2) is 6.10 Å². The molecular formula is C11H15ClN2O2. The Morgan fingerprint density at radius 2 is 2.06 bits per heavy atom. The van der Waals surface area contributed by atoms with Crippen LogP contribution >= 0.6 is 11.6 Å². The second kappa shape index (κ2) is 5.18. The summed E-state index contributed by atoms with van der Waals surface area (Å²) in [5.74, 6) is 0.0104. The predicted octanol–water partition coefficient (Wildman–Crippen LogP) is 1.61. The van der Waals surface area contributed by atoms with E-state index in [0.29, 0.717) is 10.8 Å². The van der Waals surface area contributed by atoms with Gasteiger partial charge in [-0.25, -0.2) is 0 Å². The highest BCUT2D eigenvalue weighted by Crippen LogP contribution is 2.27. The van der Waals surface area contributed by atoms with Crippen molar-refractivity contribution in [1.82, 2.24) is 0 Å². The maximum Gasteiger partial charge on any atom is 0.258 e. The summed E-state index contributed by atoms with van der Waals surface area (Å²) in [6, 6.07) is 4.85. The Kier molecular flexibility index (Phi) is 4.15. The number of benzene rings is 1. The molecule has 0 spiro atoms. The number of nitrogens with two attached hydrogens (primary N) is 2. The molecule has 4 nitrogen and oxygen atoms in total. The van der Waals surface area contributed by atoms with Crippen molar-refractivity contribution in [2.45, 2.75) is 26.0 Å². The molecule has 0 radical (unpaired) electrons. The highest BCUT2D eigenvalue weighted by atomic mass is 35.5. The molecule has 0 bridgehead atoms. The lowest BCUT2D eigenvalue weighted by Crippen LogP contribution is -2.31. The first-order chi connectivity index (χ1) is 7.41. The molecule has 0 aliphatic rings. The van der Waals surface area contributed by atoms with Crippen LogP contribution in [0.25, 0.3) is 0 Å². The van der Waals surface area contributed by atoms with E-state index in [9.17, 15) is 4.79 Å². The monoisotopic (exact) mass is 242 g/mol. The molecule has 2 atom stereocenters. The smallest absolute Gasteiger partial charge is 0.258 e. The van der Waals surface area contributed by atoms with Crippen molar-refractivity contribution in [3.05, 3.63) is 28.8 Å². The SMILES string of the molecule is CC(Oc1ccc(Cl)cc1[C@H](C)N)C(N)=O. The van der Waals surface area contributed by atoms with Gasteiger partial charge in [0.2, 0.25) is 0 Å². The average molecular weight is 243 g/mol. The average Bonchev–Trinajstić information content (AvgIpc) is 2.20. The van der Waals surface area contributed by atoms with Crippen LogP contribution in [0.1, 0.15) is 25.5 Å². The molecule has 0 saturated carbocycles. The molecule has 1 aromatic rings. The molecule has 4 N–H and O–H groups in total. The van der Waals surface area contributed by atoms with Gasteiger partial charge in [-0.1, -0.05) is 11.6 Å². The molecule has 1 rings (SSSR count). The molecule has 1 unspecified atom stereocenters. The summed E-state index contributed by atoms with van der Waals surface area (Å²) in [6.07, 6.45) is -0.696. The van der Waals surface area contributed by atoms with Crippen LogP contribution in [0.3, 0.4) is 0 Å². The van der Waals surface area contributed by atoms with Gasteiger partial charge in [-0.3, -0.25) is 4.79 Å². The Bertz CT molecular complexity index is 394. The number of carbonyl (C=O) groups excluding carboxylic acids is 1. The molecular weight excluding hydrogens is 228 g/mol. The zero-order valence-corrected chi connectivity index (χ0v) is 9.99. The number of rotatable bonds is 4. The summed E-state index contributed by atoms with van der Waals surface area (Å²) in [7, 11) is 0. The number of hydrogen-bond acceptors (Lipinski definition) is 3. The van der Waals surface area contributed by atoms with Crippen molar-refractivity contribution in [2.75, 3.05) is 0 Å². The quantitative estimate of drug-likeness (QED) is 0.842. The number of hydrogen-bond donors (Lipinski definition) is 2. The van der Waals surface area contributed by atoms with Gasteiger partial charge in [-0.05, 0) is 32.0 Å². The van der Waals surface area contributed by atoms with Crippen molar-refractivity contribution < 1.29 is 9.53 Å². The van der Waals surface area contributed by atoms with E-state index in [4.69, 9.17) is 27.8 Å². The van der Waals surface area contributed by atoms with E-state index in [2.05, 4.69) is 0 Å². The Balaban J connectivity index is 2.99. The van der Waals surface area contributed by atoms with Gasteiger partial charge in [0.1, 0.15) is 5.75 Å². The Morgan fingerprint density at radius 1 is 1.44 bits per heavy atom. The first kappa shape index (κ1) is 12.8. The summed E-state index contributed by atoms with van der Waals surface area (Å²) in [4.78, 5) is 10.9. The van der Waals surface area contributed by atoms with Gasteiger partial charge in [-0.2, -0.15) is 0 Å². The molecule has 0 aromatic heterocycles. The van der Waals surface area contributed by atoms with Gasteiger partial charge >= 0.3 is 0 Å². The molecule has 0 aliphatic carbocycles. The zero-order chi connectivity index (χ0) is 12.3. The molecule has 16 heavy (non-hydrogen) atoms. The van der Waals surface area contributed by atoms with Crippen LogP contribution in [0.4, 0.5) is 0 Å². The molecule has 0 aliphatic heterocycles. The van der Waals surface area contributed by atoms with Crippen molar-refractivity contribution in [1.29, 1.82) is 0 Å². The highest BCUT2D eigenvalue weighted by Gasteiger charge is 2.15. The minimum absolute atomic E-state index is 0.228. The molecule has 1 amide bonds. The van der Waals surface area contributed by atoms with E-state index >= 15 is 0 Å². The van der Waals surface area contributed by atoms with Crippen LogP contribution in [0.5, 0.6) is 5.75 Å². The van der Waals surface area contributed by atoms with E-state index in [1.54, 1.807) is 25.1 Å². The third kappa shape index (κ3) is 3.12. The van der Waals surface area contributed by atoms with Gasteiger partial charge in [0.25, 0.3) is 5.91 Å². The first-order valence-corrected chi connectivity index (χ1v) is 5.30. The van der Waals surface area contributed by atoms with Gasteiger partial charge in [-0.15, -0.1) is 0 Å². The molecule has 88 valence electrons. The van der Waals surface area contributed by atoms with E-state index in [1.165, 1.54) is 0 Å². The van der Waals surface area contributed by atoms with E-state index in [1.807, 2.05) is 6.92 Å². The summed E-state index contributed by atoms with van der Waals surface area (Å²) in [5, 5.41) is 0.575. The maximum atomic E-state index is 10.9. The van der Waals surface area contributed by atoms with Crippen molar-refractivity contribution in [3.8, 4) is 5.75 Å². The van der Waals surface area contributed by atoms with Crippen LogP contribution in [0.2, 0.25) is 5.02 Å². The van der Waals surface area contributed by atoms with Crippen LogP contribution in [0, 0.1) is 0 Å². The summed E-state index contributed by atoms with van der Waals surface area (Å²) in [5.41, 5.74) is 11.6. The van der Waals surface area contributed by atoms with Crippen LogP contribution in [-0.4, -0.2) is 12.0 Å². The summed E-state index contributed by atoms with van der Waals surface area (Å²) >= 11 is 5.86. The minimum atomic E-state index is -0.696. The maximum absolute atomic E-state index is 10.9. The van der Waals surface area contributed by atoms with Gasteiger partial charge in [0, 0.05) is 16.6 Å². The topological polar surface area (TPSA) is 78.3 Å². The standard InChI is InChI=1S/C11H15ClN2O2/c1-6(13)9-5-8(12)3-4-10(9)16-7(2)11(14)15/h3-7H,13H2,1-2H3,(H2,14,15)/t6-,7?/m0/s1. The van der Waals surface area contributed by atoms with Crippen LogP contribution in [0.15, 0.2) is 18.2 Å². The van der Waals surface area contributed by atoms with Crippen molar-refractivity contribution in [3.63, 3.8) is 0 Å². The van der Waals surface area contributed by atoms with Gasteiger partial charge in [0.05, 0.1) is 0 Å². The Labute approximate surface area is 99.5 Å². The second-order valence-corrected chi connectivity index (χ2v) is 4.07. The molecule has 0 fully saturated rings. The van der Waals surface area contributed by atoms with E-state index < -0.39 is 12.0 Å². The van der Waals surface area contributed by atoms with E-state index in [0.717, 1.165) is 5.56 Å². The number of amides is 1. The Hall–Kier alpha value is -1.26. The fourth-order valence-electron chi connectivity index (χ4n) is 1.23. The summed E-state index contributed by atoms with van der Waals surface area (Å²) in [6.45, 7) is 3.40. The predicted molar refractivity (Wildman–Crippen MR) is 63.3 cm³/mol. The van der Waals surface area contributed by atoms with Crippen LogP contribution in [-0.2, 0) is 4.79 Å². The lowest BCUT2D eigenvalue weighted by molar-refractivity contribution is -0.124. The van der Waals surface area contributed by atoms with Crippen molar-refractivity contribution in [2.24, 2.45) is 11.5 Å². The molecule has 1 aromatic carbocycles. The fourth-order valence-corrected chi connectivity index (χ4v) is 1.41. The number of primary amides is 1. The second-order valence-electron chi connectivity index (χ2n) is 3.63. The highest BCUT2D eigenvalue weighted by molar-refractivity contribution is 6.30. The molecule has 0 saturated heterocycles. The summed E-state index contributed by atoms with van der Waals surface area (Å²) < 4.78 is 5.41. The largest absolute Gasteiger partial charge is 0.481 e. The zero-order valence-electron chi connectivity index (χ0n) is 9.24. The first-order valence-electron chi connectivity index (χ1n) is 4.93. The van der Waals surface area contributed by atoms with Crippen molar-refractivity contribution >= 4 is 17.5 Å². The minimum Gasteiger partial charge on any atom is -0.481 e. The number of ether oxygens (including phenoxy) is 1. The Morgan fingerprint density at radius 3 is 2.56 bits per heavy atom. The normalized spacial score (nSPS) is 14.2. The lowest BCUT2D eigenvalue weighted by atomic mass is 10.1. The third-order valence-corrected chi connectivity index (χ3v) is 2.40. The number of carbonyl (C=O) groups is 1. The van der Waals surface area contributed by atoms with E-state index in [-0.39, 0.29) is 6.04 Å². The third-order valence-electron chi connectivity index (χ3n) is 2.17. The van der Waals surface area contributed by atoms with Crippen LogP contribution < -0.4 is 16.2 Å². The van der Waals surface area contributed by atoms with Gasteiger partial charge < -0.3 is 16.2 Å². The molecule has 5 heteroatoms. The number of halogens is 1. The lowest BCUT2D eigenvalue weighted by Gasteiger charge is -2.17. The molecule has 0 heterocycles. The fraction of sp³-hybridized carbons (Fsp3) is 0.364.